The van der Waals surface area contributed by atoms with Gasteiger partial charge in [0, 0.05) is 39.3 Å². The molecule has 1 atom stereocenters. The van der Waals surface area contributed by atoms with Crippen LogP contribution in [0.1, 0.15) is 23.6 Å². The lowest BCUT2D eigenvalue weighted by Gasteiger charge is -2.21. The smallest absolute Gasteiger partial charge is 0.236 e. The van der Waals surface area contributed by atoms with Gasteiger partial charge < -0.3 is 14.6 Å². The van der Waals surface area contributed by atoms with E-state index in [0.29, 0.717) is 18.4 Å². The number of thiophene rings is 1. The van der Waals surface area contributed by atoms with Gasteiger partial charge in [-0.1, -0.05) is 6.07 Å². The van der Waals surface area contributed by atoms with Crippen molar-refractivity contribution >= 4 is 17.3 Å². The van der Waals surface area contributed by atoms with Crippen LogP contribution in [-0.2, 0) is 13.6 Å². The molecule has 0 aromatic carbocycles. The minimum atomic E-state index is 0.500. The summed E-state index contributed by atoms with van der Waals surface area (Å²) >= 11 is 1.62. The van der Waals surface area contributed by atoms with Crippen molar-refractivity contribution in [3.63, 3.8) is 0 Å². The highest BCUT2D eigenvalue weighted by atomic mass is 32.1. The van der Waals surface area contributed by atoms with Crippen LogP contribution in [0.15, 0.2) is 45.6 Å². The normalized spacial score (nSPS) is 17.8. The van der Waals surface area contributed by atoms with Crippen LogP contribution in [0.5, 0.6) is 0 Å². The number of oxazole rings is 1. The Hall–Kier alpha value is -2.61. The van der Waals surface area contributed by atoms with Gasteiger partial charge in [0.05, 0.1) is 23.3 Å². The van der Waals surface area contributed by atoms with Gasteiger partial charge in [-0.15, -0.1) is 11.3 Å². The molecular weight excluding hydrogens is 348 g/mol. The standard InChI is InChI=1S/C18H22N6OS/c1-19-18(24-6-5-13(11-24)14-8-21-23(2)10-14)20-9-15-12-25-17(22-15)16-4-3-7-26-16/h3-4,7-8,10,12-13H,5-6,9,11H2,1-2H3,(H,19,20). The van der Waals surface area contributed by atoms with Gasteiger partial charge in [0.1, 0.15) is 6.26 Å². The number of aromatic nitrogens is 3. The van der Waals surface area contributed by atoms with Crippen molar-refractivity contribution < 1.29 is 4.42 Å². The third-order valence-electron chi connectivity index (χ3n) is 4.61. The maximum atomic E-state index is 5.57. The van der Waals surface area contributed by atoms with Crippen molar-refractivity contribution in [3.8, 4) is 10.8 Å². The lowest BCUT2D eigenvalue weighted by molar-refractivity contribution is 0.485. The Balaban J connectivity index is 1.35. The first-order valence-corrected chi connectivity index (χ1v) is 9.53. The van der Waals surface area contributed by atoms with Crippen molar-refractivity contribution in [2.75, 3.05) is 20.1 Å². The molecule has 26 heavy (non-hydrogen) atoms. The maximum absolute atomic E-state index is 5.57. The van der Waals surface area contributed by atoms with Crippen LogP contribution in [-0.4, -0.2) is 45.8 Å². The summed E-state index contributed by atoms with van der Waals surface area (Å²) in [6.07, 6.45) is 6.88. The molecule has 4 rings (SSSR count). The topological polar surface area (TPSA) is 71.5 Å². The molecular formula is C18H22N6OS. The number of nitrogens with one attached hydrogen (secondary N) is 1. The summed E-state index contributed by atoms with van der Waals surface area (Å²) in [7, 11) is 3.78. The Morgan fingerprint density at radius 3 is 3.15 bits per heavy atom. The Bertz CT molecular complexity index is 881. The molecule has 4 heterocycles. The Morgan fingerprint density at radius 2 is 2.42 bits per heavy atom. The van der Waals surface area contributed by atoms with E-state index in [4.69, 9.17) is 4.42 Å². The zero-order valence-corrected chi connectivity index (χ0v) is 15.7. The van der Waals surface area contributed by atoms with Crippen LogP contribution in [0.3, 0.4) is 0 Å². The van der Waals surface area contributed by atoms with Gasteiger partial charge in [0.25, 0.3) is 0 Å². The SMILES string of the molecule is CN=C(NCc1coc(-c2cccs2)n1)N1CCC(c2cnn(C)c2)C1. The van der Waals surface area contributed by atoms with Gasteiger partial charge in [0.15, 0.2) is 5.96 Å². The fraction of sp³-hybridized carbons (Fsp3) is 0.389. The van der Waals surface area contributed by atoms with Crippen LogP contribution in [0.25, 0.3) is 10.8 Å². The summed E-state index contributed by atoms with van der Waals surface area (Å²) in [6.45, 7) is 2.53. The van der Waals surface area contributed by atoms with Gasteiger partial charge in [-0.25, -0.2) is 4.98 Å². The molecule has 1 saturated heterocycles. The first kappa shape index (κ1) is 16.8. The van der Waals surface area contributed by atoms with Gasteiger partial charge >= 0.3 is 0 Å². The first-order valence-electron chi connectivity index (χ1n) is 8.65. The molecule has 1 aliphatic heterocycles. The highest BCUT2D eigenvalue weighted by Gasteiger charge is 2.27. The van der Waals surface area contributed by atoms with Crippen LogP contribution < -0.4 is 5.32 Å². The summed E-state index contributed by atoms with van der Waals surface area (Å²) in [5.74, 6) is 2.07. The average molecular weight is 370 g/mol. The van der Waals surface area contributed by atoms with E-state index >= 15 is 0 Å². The predicted octanol–water partition coefficient (Wildman–Crippen LogP) is 2.70. The Morgan fingerprint density at radius 1 is 1.50 bits per heavy atom. The van der Waals surface area contributed by atoms with Crippen LogP contribution in [0, 0.1) is 0 Å². The van der Waals surface area contributed by atoms with E-state index in [1.807, 2.05) is 42.5 Å². The second-order valence-electron chi connectivity index (χ2n) is 6.40. The lowest BCUT2D eigenvalue weighted by atomic mass is 10.0. The quantitative estimate of drug-likeness (QED) is 0.565. The number of likely N-dealkylation sites (tertiary alicyclic amines) is 1. The van der Waals surface area contributed by atoms with E-state index < -0.39 is 0 Å². The molecule has 0 spiro atoms. The Kier molecular flexibility index (Phi) is 4.75. The van der Waals surface area contributed by atoms with Crippen molar-refractivity contribution in [2.45, 2.75) is 18.9 Å². The summed E-state index contributed by atoms with van der Waals surface area (Å²) in [5, 5.41) is 9.70. The molecule has 0 amide bonds. The van der Waals surface area contributed by atoms with Crippen molar-refractivity contribution in [2.24, 2.45) is 12.0 Å². The third-order valence-corrected chi connectivity index (χ3v) is 5.47. The molecule has 0 saturated carbocycles. The molecule has 136 valence electrons. The van der Waals surface area contributed by atoms with E-state index in [2.05, 4.69) is 31.5 Å². The van der Waals surface area contributed by atoms with Gasteiger partial charge in [-0.3, -0.25) is 9.67 Å². The summed E-state index contributed by atoms with van der Waals surface area (Å²) < 4.78 is 7.44. The predicted molar refractivity (Wildman–Crippen MR) is 102 cm³/mol. The molecule has 3 aromatic rings. The Labute approximate surface area is 156 Å². The number of nitrogens with zero attached hydrogens (tertiary/aromatic N) is 5. The van der Waals surface area contributed by atoms with E-state index in [0.717, 1.165) is 36.0 Å². The minimum absolute atomic E-state index is 0.500. The van der Waals surface area contributed by atoms with Gasteiger partial charge in [0.2, 0.25) is 5.89 Å². The molecule has 0 radical (unpaired) electrons. The number of aliphatic imine (C=N–C) groups is 1. The van der Waals surface area contributed by atoms with Gasteiger partial charge in [-0.2, -0.15) is 5.10 Å². The summed E-state index contributed by atoms with van der Waals surface area (Å²) in [5.41, 5.74) is 2.17. The molecule has 1 fully saturated rings. The molecule has 0 bridgehead atoms. The fourth-order valence-corrected chi connectivity index (χ4v) is 3.93. The molecule has 3 aromatic heterocycles. The van der Waals surface area contributed by atoms with E-state index in [9.17, 15) is 0 Å². The zero-order chi connectivity index (χ0) is 17.9. The summed E-state index contributed by atoms with van der Waals surface area (Å²) in [6, 6.07) is 4.01. The molecule has 0 aliphatic carbocycles. The monoisotopic (exact) mass is 370 g/mol. The molecule has 8 heteroatoms. The van der Waals surface area contributed by atoms with Crippen LogP contribution >= 0.6 is 11.3 Å². The highest BCUT2D eigenvalue weighted by Crippen LogP contribution is 2.27. The van der Waals surface area contributed by atoms with Crippen LogP contribution in [0.4, 0.5) is 0 Å². The average Bonchev–Trinajstić information content (AvgIpc) is 3.42. The first-order chi connectivity index (χ1) is 12.7. The van der Waals surface area contributed by atoms with Crippen molar-refractivity contribution in [1.29, 1.82) is 0 Å². The highest BCUT2D eigenvalue weighted by molar-refractivity contribution is 7.13. The van der Waals surface area contributed by atoms with Gasteiger partial charge in [-0.05, 0) is 23.4 Å². The second-order valence-corrected chi connectivity index (χ2v) is 7.35. The number of rotatable bonds is 4. The maximum Gasteiger partial charge on any atom is 0.236 e. The molecule has 1 unspecified atom stereocenters. The second kappa shape index (κ2) is 7.33. The minimum Gasteiger partial charge on any atom is -0.443 e. The molecule has 7 nitrogen and oxygen atoms in total. The molecule has 1 aliphatic rings. The van der Waals surface area contributed by atoms with Crippen molar-refractivity contribution in [1.82, 2.24) is 25.0 Å². The number of hydrogen-bond donors (Lipinski definition) is 1. The fourth-order valence-electron chi connectivity index (χ4n) is 3.28. The molecule has 1 N–H and O–H groups in total. The zero-order valence-electron chi connectivity index (χ0n) is 14.9. The third kappa shape index (κ3) is 3.50. The number of aryl methyl sites for hydroxylation is 1. The van der Waals surface area contributed by atoms with Crippen molar-refractivity contribution in [3.05, 3.63) is 47.4 Å². The largest absolute Gasteiger partial charge is 0.443 e. The number of guanidine groups is 1. The van der Waals surface area contributed by atoms with E-state index in [1.54, 1.807) is 17.6 Å². The van der Waals surface area contributed by atoms with E-state index in [-0.39, 0.29) is 0 Å². The lowest BCUT2D eigenvalue weighted by Crippen LogP contribution is -2.39. The van der Waals surface area contributed by atoms with Crippen LogP contribution in [0.2, 0.25) is 0 Å². The number of hydrogen-bond acceptors (Lipinski definition) is 5. The summed E-state index contributed by atoms with van der Waals surface area (Å²) in [4.78, 5) is 12.3. The van der Waals surface area contributed by atoms with E-state index in [1.165, 1.54) is 5.56 Å².